The van der Waals surface area contributed by atoms with Crippen molar-refractivity contribution in [3.05, 3.63) is 71.8 Å². The van der Waals surface area contributed by atoms with Crippen molar-refractivity contribution >= 4 is 6.29 Å². The summed E-state index contributed by atoms with van der Waals surface area (Å²) >= 11 is 0. The van der Waals surface area contributed by atoms with Gasteiger partial charge in [0.2, 0.25) is 0 Å². The third-order valence-corrected chi connectivity index (χ3v) is 3.76. The average molecular weight is 281 g/mol. The van der Waals surface area contributed by atoms with Crippen LogP contribution in [0.3, 0.4) is 0 Å². The Hall–Kier alpha value is -1.97. The first kappa shape index (κ1) is 14.0. The molecule has 0 bridgehead atoms. The maximum Gasteiger partial charge on any atom is 0.139 e. The summed E-state index contributed by atoms with van der Waals surface area (Å²) in [4.78, 5) is 13.7. The van der Waals surface area contributed by atoms with E-state index in [0.717, 1.165) is 19.4 Å². The Morgan fingerprint density at radius 1 is 1.00 bits per heavy atom. The quantitative estimate of drug-likeness (QED) is 0.578. The molecule has 108 valence electrons. The van der Waals surface area contributed by atoms with Gasteiger partial charge in [-0.3, -0.25) is 4.90 Å². The molecule has 0 aliphatic carbocycles. The van der Waals surface area contributed by atoms with Crippen molar-refractivity contribution in [1.29, 1.82) is 0 Å². The topological polar surface area (TPSA) is 32.8 Å². The third kappa shape index (κ3) is 3.78. The van der Waals surface area contributed by atoms with E-state index in [2.05, 4.69) is 29.2 Å². The zero-order valence-electron chi connectivity index (χ0n) is 11.9. The second-order valence-electron chi connectivity index (χ2n) is 5.37. The first-order valence-corrected chi connectivity index (χ1v) is 7.25. The van der Waals surface area contributed by atoms with E-state index in [1.807, 2.05) is 36.4 Å². The highest BCUT2D eigenvalue weighted by Gasteiger charge is 2.36. The van der Waals surface area contributed by atoms with Gasteiger partial charge < -0.3 is 9.53 Å². The van der Waals surface area contributed by atoms with Crippen molar-refractivity contribution in [2.24, 2.45) is 0 Å². The van der Waals surface area contributed by atoms with E-state index in [1.54, 1.807) is 0 Å². The van der Waals surface area contributed by atoms with Gasteiger partial charge in [0.15, 0.2) is 0 Å². The van der Waals surface area contributed by atoms with E-state index in [-0.39, 0.29) is 12.1 Å². The Bertz CT molecular complexity index is 525. The summed E-state index contributed by atoms with van der Waals surface area (Å²) in [6.45, 7) is 2.18. The van der Waals surface area contributed by atoms with Crippen molar-refractivity contribution in [1.82, 2.24) is 4.90 Å². The molecule has 3 heteroatoms. The monoisotopic (exact) mass is 281 g/mol. The van der Waals surface area contributed by atoms with Crippen LogP contribution >= 0.6 is 0 Å². The Morgan fingerprint density at radius 3 is 1.86 bits per heavy atom. The molecular formula is C18H19NO2. The van der Waals surface area contributed by atoms with Gasteiger partial charge in [0.05, 0.1) is 12.6 Å². The van der Waals surface area contributed by atoms with Crippen molar-refractivity contribution in [2.75, 3.05) is 6.61 Å². The van der Waals surface area contributed by atoms with Gasteiger partial charge in [-0.2, -0.15) is 0 Å². The zero-order chi connectivity index (χ0) is 14.5. The molecule has 1 fully saturated rings. The van der Waals surface area contributed by atoms with Crippen LogP contribution in [0.1, 0.15) is 11.1 Å². The summed E-state index contributed by atoms with van der Waals surface area (Å²) < 4.78 is 5.34. The number of hydrogen-bond acceptors (Lipinski definition) is 3. The van der Waals surface area contributed by atoms with Gasteiger partial charge in [-0.05, 0) is 11.1 Å². The molecule has 0 saturated carbocycles. The summed E-state index contributed by atoms with van der Waals surface area (Å²) in [5.41, 5.74) is 2.42. The van der Waals surface area contributed by atoms with Crippen LogP contribution < -0.4 is 0 Å². The third-order valence-electron chi connectivity index (χ3n) is 3.76. The maximum absolute atomic E-state index is 11.5. The highest BCUT2D eigenvalue weighted by molar-refractivity contribution is 5.59. The van der Waals surface area contributed by atoms with Crippen molar-refractivity contribution in [3.8, 4) is 0 Å². The number of epoxide rings is 1. The van der Waals surface area contributed by atoms with E-state index in [9.17, 15) is 4.79 Å². The minimum Gasteiger partial charge on any atom is -0.371 e. The number of benzene rings is 2. The molecule has 1 saturated heterocycles. The number of rotatable bonds is 7. The number of nitrogens with zero attached hydrogens (tertiary/aromatic N) is 1. The fourth-order valence-electron chi connectivity index (χ4n) is 2.56. The lowest BCUT2D eigenvalue weighted by atomic mass is 10.1. The van der Waals surface area contributed by atoms with E-state index in [0.29, 0.717) is 6.61 Å². The molecule has 2 aromatic carbocycles. The van der Waals surface area contributed by atoms with Crippen molar-refractivity contribution < 1.29 is 9.53 Å². The summed E-state index contributed by atoms with van der Waals surface area (Å²) in [5.74, 6) is 0. The minimum absolute atomic E-state index is 0.0509. The van der Waals surface area contributed by atoms with Gasteiger partial charge in [0.1, 0.15) is 12.4 Å². The molecule has 3 rings (SSSR count). The largest absolute Gasteiger partial charge is 0.371 e. The highest BCUT2D eigenvalue weighted by Crippen LogP contribution is 2.22. The molecule has 0 amide bonds. The van der Waals surface area contributed by atoms with Crippen molar-refractivity contribution in [3.63, 3.8) is 0 Å². The Balaban J connectivity index is 1.78. The summed E-state index contributed by atoms with van der Waals surface area (Å²) in [5, 5.41) is 0. The van der Waals surface area contributed by atoms with Crippen LogP contribution in [0, 0.1) is 0 Å². The SMILES string of the molecule is O=C[C@@H]([C@H]1CO1)N(Cc1ccccc1)Cc1ccccc1. The van der Waals surface area contributed by atoms with Crippen LogP contribution in [-0.4, -0.2) is 29.9 Å². The molecule has 0 N–H and O–H groups in total. The smallest absolute Gasteiger partial charge is 0.139 e. The second-order valence-corrected chi connectivity index (χ2v) is 5.37. The lowest BCUT2D eigenvalue weighted by Crippen LogP contribution is -2.39. The lowest BCUT2D eigenvalue weighted by Gasteiger charge is -2.27. The predicted octanol–water partition coefficient (Wildman–Crippen LogP) is 2.66. The second kappa shape index (κ2) is 6.66. The van der Waals surface area contributed by atoms with Gasteiger partial charge in [-0.15, -0.1) is 0 Å². The molecule has 3 nitrogen and oxygen atoms in total. The normalized spacial score (nSPS) is 18.4. The molecule has 2 atom stereocenters. The highest BCUT2D eigenvalue weighted by atomic mass is 16.6. The van der Waals surface area contributed by atoms with Crippen LogP contribution in [0.5, 0.6) is 0 Å². The lowest BCUT2D eigenvalue weighted by molar-refractivity contribution is -0.113. The predicted molar refractivity (Wildman–Crippen MR) is 81.7 cm³/mol. The van der Waals surface area contributed by atoms with Gasteiger partial charge in [-0.25, -0.2) is 0 Å². The van der Waals surface area contributed by atoms with Gasteiger partial charge in [-0.1, -0.05) is 60.7 Å². The molecular weight excluding hydrogens is 262 g/mol. The standard InChI is InChI=1S/C18H19NO2/c20-13-17(18-14-21-18)19(11-15-7-3-1-4-8-15)12-16-9-5-2-6-10-16/h1-10,13,17-18H,11-12,14H2/t17-,18+/m0/s1. The number of ether oxygens (including phenoxy) is 1. The van der Waals surface area contributed by atoms with Crippen LogP contribution in [0.2, 0.25) is 0 Å². The Labute approximate surface area is 125 Å². The first-order chi connectivity index (χ1) is 10.4. The van der Waals surface area contributed by atoms with Gasteiger partial charge in [0, 0.05) is 13.1 Å². The molecule has 0 radical (unpaired) electrons. The molecule has 0 unspecified atom stereocenters. The number of aldehydes is 1. The Morgan fingerprint density at radius 2 is 1.48 bits per heavy atom. The fourth-order valence-corrected chi connectivity index (χ4v) is 2.56. The maximum atomic E-state index is 11.5. The molecule has 1 heterocycles. The fraction of sp³-hybridized carbons (Fsp3) is 0.278. The van der Waals surface area contributed by atoms with E-state index < -0.39 is 0 Å². The zero-order valence-corrected chi connectivity index (χ0v) is 11.9. The summed E-state index contributed by atoms with van der Waals surface area (Å²) in [7, 11) is 0. The number of carbonyl (C=O) groups excluding carboxylic acids is 1. The minimum atomic E-state index is -0.176. The van der Waals surface area contributed by atoms with Crippen molar-refractivity contribution in [2.45, 2.75) is 25.2 Å². The number of carbonyl (C=O) groups is 1. The Kier molecular flexibility index (Phi) is 4.43. The van der Waals surface area contributed by atoms with Gasteiger partial charge >= 0.3 is 0 Å². The first-order valence-electron chi connectivity index (χ1n) is 7.25. The molecule has 0 aromatic heterocycles. The molecule has 2 aromatic rings. The van der Waals surface area contributed by atoms with Crippen LogP contribution in [0.4, 0.5) is 0 Å². The van der Waals surface area contributed by atoms with Crippen LogP contribution in [0.25, 0.3) is 0 Å². The average Bonchev–Trinajstić information content (AvgIpc) is 3.35. The molecule has 21 heavy (non-hydrogen) atoms. The molecule has 1 aliphatic heterocycles. The summed E-state index contributed by atoms with van der Waals surface area (Å²) in [6.07, 6.45) is 1.07. The van der Waals surface area contributed by atoms with Crippen LogP contribution in [0.15, 0.2) is 60.7 Å². The summed E-state index contributed by atoms with van der Waals surface area (Å²) in [6, 6.07) is 20.3. The van der Waals surface area contributed by atoms with E-state index >= 15 is 0 Å². The molecule has 0 spiro atoms. The van der Waals surface area contributed by atoms with Gasteiger partial charge in [0.25, 0.3) is 0 Å². The molecule has 1 aliphatic rings. The number of hydrogen-bond donors (Lipinski definition) is 0. The van der Waals surface area contributed by atoms with Crippen LogP contribution in [-0.2, 0) is 22.6 Å². The van der Waals surface area contributed by atoms with E-state index in [4.69, 9.17) is 4.74 Å². The van der Waals surface area contributed by atoms with E-state index in [1.165, 1.54) is 11.1 Å².